The van der Waals surface area contributed by atoms with Gasteiger partial charge in [0.1, 0.15) is 0 Å². The van der Waals surface area contributed by atoms with Crippen molar-refractivity contribution < 1.29 is 0 Å². The predicted octanol–water partition coefficient (Wildman–Crippen LogP) is 3.47. The Morgan fingerprint density at radius 1 is 1.33 bits per heavy atom. The number of nitrogens with zero attached hydrogens (tertiary/aromatic N) is 2. The third-order valence-corrected chi connectivity index (χ3v) is 4.15. The average molecular weight is 242 g/mol. The first-order valence-corrected chi connectivity index (χ1v) is 6.92. The van der Waals surface area contributed by atoms with Gasteiger partial charge in [-0.1, -0.05) is 12.2 Å². The van der Waals surface area contributed by atoms with Crippen LogP contribution in [0, 0.1) is 0 Å². The van der Waals surface area contributed by atoms with E-state index in [-0.39, 0.29) is 5.54 Å². The van der Waals surface area contributed by atoms with Crippen LogP contribution in [0.25, 0.3) is 0 Å². The maximum absolute atomic E-state index is 4.83. The zero-order chi connectivity index (χ0) is 12.9. The minimum atomic E-state index is 0.218. The van der Waals surface area contributed by atoms with Crippen molar-refractivity contribution in [1.82, 2.24) is 4.90 Å². The second-order valence-electron chi connectivity index (χ2n) is 6.53. The summed E-state index contributed by atoms with van der Waals surface area (Å²) in [6.45, 7) is 10.2. The van der Waals surface area contributed by atoms with Gasteiger partial charge >= 0.3 is 0 Å². The number of allylic oxidation sites excluding steroid dienone is 4. The van der Waals surface area contributed by atoms with Crippen LogP contribution in [0.4, 0.5) is 0 Å². The molecule has 3 aliphatic rings. The van der Waals surface area contributed by atoms with Gasteiger partial charge in [-0.2, -0.15) is 0 Å². The Morgan fingerprint density at radius 2 is 2.11 bits per heavy atom. The molecule has 2 heterocycles. The summed E-state index contributed by atoms with van der Waals surface area (Å²) in [5, 5.41) is 0. The van der Waals surface area contributed by atoms with Crippen LogP contribution in [0.3, 0.4) is 0 Å². The molecule has 0 saturated heterocycles. The fourth-order valence-corrected chi connectivity index (χ4v) is 3.28. The molecule has 0 fully saturated rings. The number of hydrogen-bond acceptors (Lipinski definition) is 2. The lowest BCUT2D eigenvalue weighted by molar-refractivity contribution is 0.0943. The number of aliphatic imine (C=N–C) groups is 1. The Balaban J connectivity index is 1.95. The van der Waals surface area contributed by atoms with Gasteiger partial charge in [0.15, 0.2) is 0 Å². The minimum absolute atomic E-state index is 0.218. The van der Waals surface area contributed by atoms with E-state index < -0.39 is 0 Å². The summed E-state index contributed by atoms with van der Waals surface area (Å²) < 4.78 is 0. The zero-order valence-corrected chi connectivity index (χ0v) is 11.8. The molecule has 0 bridgehead atoms. The Labute approximate surface area is 110 Å². The molecule has 0 amide bonds. The molecule has 96 valence electrons. The van der Waals surface area contributed by atoms with E-state index in [1.54, 1.807) is 0 Å². The molecule has 0 N–H and O–H groups in total. The molecule has 0 aromatic heterocycles. The summed E-state index contributed by atoms with van der Waals surface area (Å²) >= 11 is 0. The van der Waals surface area contributed by atoms with E-state index in [2.05, 4.69) is 50.8 Å². The fraction of sp³-hybridized carbons (Fsp3) is 0.562. The zero-order valence-electron chi connectivity index (χ0n) is 11.8. The van der Waals surface area contributed by atoms with Gasteiger partial charge in [0, 0.05) is 23.7 Å². The molecular weight excluding hydrogens is 220 g/mol. The van der Waals surface area contributed by atoms with E-state index in [4.69, 9.17) is 4.99 Å². The van der Waals surface area contributed by atoms with Crippen molar-refractivity contribution in [2.45, 2.75) is 52.1 Å². The summed E-state index contributed by atoms with van der Waals surface area (Å²) in [4.78, 5) is 7.40. The maximum atomic E-state index is 4.83. The highest BCUT2D eigenvalue weighted by atomic mass is 15.2. The molecule has 0 radical (unpaired) electrons. The van der Waals surface area contributed by atoms with Gasteiger partial charge in [0.2, 0.25) is 0 Å². The lowest BCUT2D eigenvalue weighted by Crippen LogP contribution is -2.49. The fourth-order valence-electron chi connectivity index (χ4n) is 3.28. The molecule has 1 aliphatic carbocycles. The Kier molecular flexibility index (Phi) is 2.60. The summed E-state index contributed by atoms with van der Waals surface area (Å²) in [6.07, 6.45) is 8.91. The van der Waals surface area contributed by atoms with E-state index in [1.807, 2.05) is 0 Å². The number of fused-ring (bicyclic) bond motifs is 2. The molecule has 18 heavy (non-hydrogen) atoms. The lowest BCUT2D eigenvalue weighted by atomic mass is 9.88. The predicted molar refractivity (Wildman–Crippen MR) is 76.8 cm³/mol. The van der Waals surface area contributed by atoms with Gasteiger partial charge in [-0.3, -0.25) is 9.89 Å². The Hall–Kier alpha value is -1.15. The number of hydrogen-bond donors (Lipinski definition) is 0. The van der Waals surface area contributed by atoms with E-state index in [9.17, 15) is 0 Å². The first-order valence-electron chi connectivity index (χ1n) is 6.92. The van der Waals surface area contributed by atoms with Crippen molar-refractivity contribution in [3.63, 3.8) is 0 Å². The molecule has 1 atom stereocenters. The number of rotatable bonds is 0. The van der Waals surface area contributed by atoms with Crippen LogP contribution < -0.4 is 0 Å². The van der Waals surface area contributed by atoms with Gasteiger partial charge < -0.3 is 0 Å². The summed E-state index contributed by atoms with van der Waals surface area (Å²) in [6, 6.07) is 0.602. The standard InChI is InChI=1S/C16H22N2/c1-11-9-13-12-7-5-6-8-14(12)17-15(13)10-18(11)16(2,3)4/h6-8,11H,5,9-10H2,1-4H3. The van der Waals surface area contributed by atoms with E-state index >= 15 is 0 Å². The SMILES string of the molecule is CC1CC2=C(CN1C(C)(C)C)N=C1C=CCC=C12. The Morgan fingerprint density at radius 3 is 2.83 bits per heavy atom. The van der Waals surface area contributed by atoms with Gasteiger partial charge in [-0.25, -0.2) is 0 Å². The van der Waals surface area contributed by atoms with Gasteiger partial charge in [-0.15, -0.1) is 0 Å². The third-order valence-electron chi connectivity index (χ3n) is 4.15. The molecule has 2 nitrogen and oxygen atoms in total. The smallest absolute Gasteiger partial charge is 0.0703 e. The highest BCUT2D eigenvalue weighted by molar-refractivity contribution is 6.14. The largest absolute Gasteiger partial charge is 0.290 e. The van der Waals surface area contributed by atoms with Gasteiger partial charge in [0.05, 0.1) is 11.4 Å². The van der Waals surface area contributed by atoms with Crippen molar-refractivity contribution in [2.24, 2.45) is 4.99 Å². The van der Waals surface area contributed by atoms with Crippen molar-refractivity contribution >= 4 is 5.71 Å². The highest BCUT2D eigenvalue weighted by Crippen LogP contribution is 2.38. The first-order chi connectivity index (χ1) is 8.47. The molecule has 0 spiro atoms. The van der Waals surface area contributed by atoms with Crippen LogP contribution in [0.2, 0.25) is 0 Å². The van der Waals surface area contributed by atoms with Crippen molar-refractivity contribution in [2.75, 3.05) is 6.54 Å². The first kappa shape index (κ1) is 11.9. The molecule has 2 heteroatoms. The van der Waals surface area contributed by atoms with Crippen LogP contribution in [-0.4, -0.2) is 28.7 Å². The molecule has 3 rings (SSSR count). The Bertz CT molecular complexity index is 498. The molecular formula is C16H22N2. The van der Waals surface area contributed by atoms with E-state index in [0.717, 1.165) is 19.4 Å². The molecule has 0 aromatic carbocycles. The van der Waals surface area contributed by atoms with Crippen LogP contribution in [0.5, 0.6) is 0 Å². The maximum Gasteiger partial charge on any atom is 0.0703 e. The topological polar surface area (TPSA) is 15.6 Å². The van der Waals surface area contributed by atoms with Crippen LogP contribution in [-0.2, 0) is 0 Å². The van der Waals surface area contributed by atoms with E-state index in [1.165, 1.54) is 22.6 Å². The summed E-state index contributed by atoms with van der Waals surface area (Å²) in [7, 11) is 0. The van der Waals surface area contributed by atoms with E-state index in [0.29, 0.717) is 6.04 Å². The monoisotopic (exact) mass is 242 g/mol. The van der Waals surface area contributed by atoms with Crippen molar-refractivity contribution in [1.29, 1.82) is 0 Å². The minimum Gasteiger partial charge on any atom is -0.290 e. The quantitative estimate of drug-likeness (QED) is 0.635. The van der Waals surface area contributed by atoms with Gasteiger partial charge in [0.25, 0.3) is 0 Å². The average Bonchev–Trinajstić information content (AvgIpc) is 2.65. The second-order valence-corrected chi connectivity index (χ2v) is 6.53. The molecule has 0 saturated carbocycles. The normalized spacial score (nSPS) is 27.9. The van der Waals surface area contributed by atoms with Crippen LogP contribution in [0.15, 0.2) is 40.1 Å². The van der Waals surface area contributed by atoms with Crippen LogP contribution >= 0.6 is 0 Å². The lowest BCUT2D eigenvalue weighted by Gasteiger charge is -2.43. The van der Waals surface area contributed by atoms with Gasteiger partial charge in [-0.05, 0) is 52.2 Å². The third kappa shape index (κ3) is 1.79. The van der Waals surface area contributed by atoms with Crippen molar-refractivity contribution in [3.05, 3.63) is 35.1 Å². The molecule has 0 aromatic rings. The molecule has 1 unspecified atom stereocenters. The summed E-state index contributed by atoms with van der Waals surface area (Å²) in [5.74, 6) is 0. The molecule has 2 aliphatic heterocycles. The van der Waals surface area contributed by atoms with Crippen molar-refractivity contribution in [3.8, 4) is 0 Å². The van der Waals surface area contributed by atoms with Crippen LogP contribution in [0.1, 0.15) is 40.5 Å². The summed E-state index contributed by atoms with van der Waals surface area (Å²) in [5.41, 5.74) is 5.62. The second kappa shape index (κ2) is 3.92. The highest BCUT2D eigenvalue weighted by Gasteiger charge is 2.36.